The molecular weight excluding hydrogens is 292 g/mol. The van der Waals surface area contributed by atoms with Crippen LogP contribution in [-0.2, 0) is 4.74 Å². The molecule has 1 aliphatic heterocycles. The molecule has 0 aliphatic carbocycles. The van der Waals surface area contributed by atoms with Crippen LogP contribution < -0.4 is 0 Å². The average molecular weight is 322 g/mol. The van der Waals surface area contributed by atoms with Crippen LogP contribution in [0.1, 0.15) is 34.1 Å². The molecule has 5 nitrogen and oxygen atoms in total. The van der Waals surface area contributed by atoms with Gasteiger partial charge in [0, 0.05) is 0 Å². The predicted molar refractivity (Wildman–Crippen MR) is 84.0 cm³/mol. The molecule has 0 bridgehead atoms. The lowest BCUT2D eigenvalue weighted by Gasteiger charge is -2.40. The Kier molecular flexibility index (Phi) is 7.95. The molecule has 6 heteroatoms. The van der Waals surface area contributed by atoms with Gasteiger partial charge in [-0.3, -0.25) is 0 Å². The van der Waals surface area contributed by atoms with E-state index in [1.54, 1.807) is 0 Å². The molecule has 0 aromatic heterocycles. The van der Waals surface area contributed by atoms with E-state index in [9.17, 15) is 15.3 Å². The second-order valence-electron chi connectivity index (χ2n) is 6.25. The van der Waals surface area contributed by atoms with Crippen LogP contribution in [0.5, 0.6) is 0 Å². The fraction of sp³-hybridized carbons (Fsp3) is 1.00. The van der Waals surface area contributed by atoms with Gasteiger partial charge in [0.2, 0.25) is 0 Å². The molecule has 0 saturated carbocycles. The summed E-state index contributed by atoms with van der Waals surface area (Å²) < 4.78 is 5.50. The average Bonchev–Trinajstić information content (AvgIpc) is 2.50. The minimum Gasteiger partial charge on any atom is -0.394 e. The van der Waals surface area contributed by atoms with Gasteiger partial charge in [0.1, 0.15) is 29.9 Å². The van der Waals surface area contributed by atoms with Crippen LogP contribution in [0.3, 0.4) is 0 Å². The Morgan fingerprint density at radius 2 is 1.62 bits per heavy atom. The lowest BCUT2D eigenvalue weighted by molar-refractivity contribution is -0.205. The molecule has 1 rings (SSSR count). The first kappa shape index (κ1) is 19.2. The number of aliphatic hydroxyl groups is 4. The number of thioether (sulfide) groups is 1. The third-order valence-electron chi connectivity index (χ3n) is 4.81. The fourth-order valence-corrected chi connectivity index (χ4v) is 3.91. The van der Waals surface area contributed by atoms with E-state index in [1.807, 2.05) is 0 Å². The highest BCUT2D eigenvalue weighted by molar-refractivity contribution is 7.99. The Morgan fingerprint density at radius 3 is 2.14 bits per heavy atom. The summed E-state index contributed by atoms with van der Waals surface area (Å²) in [6, 6.07) is 0. The van der Waals surface area contributed by atoms with Crippen molar-refractivity contribution in [3.05, 3.63) is 0 Å². The van der Waals surface area contributed by atoms with Crippen molar-refractivity contribution in [3.63, 3.8) is 0 Å². The minimum absolute atomic E-state index is 0.374. The van der Waals surface area contributed by atoms with E-state index in [0.717, 1.165) is 12.2 Å². The molecule has 1 fully saturated rings. The summed E-state index contributed by atoms with van der Waals surface area (Å²) in [4.78, 5) is 0. The van der Waals surface area contributed by atoms with E-state index < -0.39 is 29.9 Å². The van der Waals surface area contributed by atoms with Crippen molar-refractivity contribution < 1.29 is 25.2 Å². The summed E-state index contributed by atoms with van der Waals surface area (Å²) in [7, 11) is 0. The largest absolute Gasteiger partial charge is 0.394 e. The van der Waals surface area contributed by atoms with Crippen LogP contribution in [0.15, 0.2) is 0 Å². The zero-order chi connectivity index (χ0) is 16.2. The molecule has 4 N–H and O–H groups in total. The Bertz CT molecular complexity index is 302. The van der Waals surface area contributed by atoms with Gasteiger partial charge in [-0.05, 0) is 23.5 Å². The lowest BCUT2D eigenvalue weighted by Crippen LogP contribution is -2.57. The van der Waals surface area contributed by atoms with Crippen molar-refractivity contribution in [2.24, 2.45) is 17.8 Å². The van der Waals surface area contributed by atoms with E-state index in [4.69, 9.17) is 9.84 Å². The zero-order valence-corrected chi connectivity index (χ0v) is 14.2. The first-order valence-corrected chi connectivity index (χ1v) is 8.80. The van der Waals surface area contributed by atoms with Crippen molar-refractivity contribution in [2.75, 3.05) is 12.4 Å². The maximum Gasteiger partial charge on any atom is 0.132 e. The Labute approximate surface area is 131 Å². The summed E-state index contributed by atoms with van der Waals surface area (Å²) >= 11 is 1.44. The SMILES string of the molecule is CC[C@@H](C)[C@@H](C)[C@@H](C)CS[C@H]1OC(CO)[C@H](O)C(O)C1O. The first-order valence-electron chi connectivity index (χ1n) is 7.75. The van der Waals surface area contributed by atoms with Gasteiger partial charge in [0.05, 0.1) is 6.61 Å². The maximum absolute atomic E-state index is 9.99. The fourth-order valence-electron chi connectivity index (χ4n) is 2.54. The van der Waals surface area contributed by atoms with Gasteiger partial charge in [-0.15, -0.1) is 11.8 Å². The topological polar surface area (TPSA) is 90.2 Å². The third-order valence-corrected chi connectivity index (χ3v) is 6.25. The van der Waals surface area contributed by atoms with Gasteiger partial charge in [0.25, 0.3) is 0 Å². The van der Waals surface area contributed by atoms with Gasteiger partial charge in [-0.2, -0.15) is 0 Å². The highest BCUT2D eigenvalue weighted by atomic mass is 32.2. The molecule has 0 aromatic carbocycles. The molecule has 21 heavy (non-hydrogen) atoms. The van der Waals surface area contributed by atoms with Crippen LogP contribution >= 0.6 is 11.8 Å². The molecule has 0 aromatic rings. The number of hydrogen-bond acceptors (Lipinski definition) is 6. The highest BCUT2D eigenvalue weighted by Gasteiger charge is 2.43. The van der Waals surface area contributed by atoms with E-state index >= 15 is 0 Å². The zero-order valence-electron chi connectivity index (χ0n) is 13.3. The van der Waals surface area contributed by atoms with E-state index in [0.29, 0.717) is 17.8 Å². The summed E-state index contributed by atoms with van der Waals surface area (Å²) in [5.41, 5.74) is -0.618. The Morgan fingerprint density at radius 1 is 1.00 bits per heavy atom. The van der Waals surface area contributed by atoms with Crippen LogP contribution in [0, 0.1) is 17.8 Å². The molecule has 0 spiro atoms. The van der Waals surface area contributed by atoms with Gasteiger partial charge in [0.15, 0.2) is 0 Å². The smallest absolute Gasteiger partial charge is 0.132 e. The van der Waals surface area contributed by atoms with Crippen LogP contribution in [-0.4, -0.2) is 62.6 Å². The van der Waals surface area contributed by atoms with Gasteiger partial charge in [-0.1, -0.05) is 34.1 Å². The summed E-state index contributed by atoms with van der Waals surface area (Å²) in [5, 5.41) is 38.7. The number of rotatable bonds is 7. The monoisotopic (exact) mass is 322 g/mol. The normalized spacial score (nSPS) is 38.0. The van der Waals surface area contributed by atoms with Gasteiger partial charge in [-0.25, -0.2) is 0 Å². The second kappa shape index (κ2) is 8.70. The number of aliphatic hydroxyl groups excluding tert-OH is 4. The molecule has 3 unspecified atom stereocenters. The predicted octanol–water partition coefficient (Wildman–Crippen LogP) is 0.838. The molecule has 126 valence electrons. The quantitative estimate of drug-likeness (QED) is 0.555. The van der Waals surface area contributed by atoms with Gasteiger partial charge < -0.3 is 25.2 Å². The maximum atomic E-state index is 9.99. The van der Waals surface area contributed by atoms with Crippen LogP contribution in [0.2, 0.25) is 0 Å². The van der Waals surface area contributed by atoms with E-state index in [-0.39, 0.29) is 6.61 Å². The van der Waals surface area contributed by atoms with E-state index in [2.05, 4.69) is 27.7 Å². The molecule has 8 atom stereocenters. The summed E-state index contributed by atoms with van der Waals surface area (Å²) in [6.45, 7) is 8.44. The Hall–Kier alpha value is 0.150. The van der Waals surface area contributed by atoms with Crippen molar-refractivity contribution in [3.8, 4) is 0 Å². The van der Waals surface area contributed by atoms with Crippen molar-refractivity contribution in [1.82, 2.24) is 0 Å². The van der Waals surface area contributed by atoms with Crippen molar-refractivity contribution in [1.29, 1.82) is 0 Å². The summed E-state index contributed by atoms with van der Waals surface area (Å²) in [6.07, 6.45) is -3.38. The minimum atomic E-state index is -1.28. The van der Waals surface area contributed by atoms with Crippen LogP contribution in [0.4, 0.5) is 0 Å². The summed E-state index contributed by atoms with van der Waals surface area (Å²) in [5.74, 6) is 2.45. The molecular formula is C15H30O5S. The third kappa shape index (κ3) is 4.81. The first-order chi connectivity index (χ1) is 9.83. The van der Waals surface area contributed by atoms with E-state index in [1.165, 1.54) is 11.8 Å². The Balaban J connectivity index is 2.53. The standard InChI is InChI=1S/C15H30O5S/c1-5-8(2)10(4)9(3)7-21-15-14(19)13(18)12(17)11(6-16)20-15/h8-19H,5-7H2,1-4H3/t8-,9+,10-,11?,12+,13?,14?,15-/m1/s1. The molecule has 1 heterocycles. The molecule has 1 aliphatic rings. The number of ether oxygens (including phenoxy) is 1. The van der Waals surface area contributed by atoms with Crippen LogP contribution in [0.25, 0.3) is 0 Å². The number of hydrogen-bond donors (Lipinski definition) is 4. The molecule has 1 saturated heterocycles. The van der Waals surface area contributed by atoms with Crippen molar-refractivity contribution in [2.45, 2.75) is 64.0 Å². The lowest BCUT2D eigenvalue weighted by atomic mass is 9.85. The second-order valence-corrected chi connectivity index (χ2v) is 7.38. The van der Waals surface area contributed by atoms with Crippen molar-refractivity contribution >= 4 is 11.8 Å². The highest BCUT2D eigenvalue weighted by Crippen LogP contribution is 2.32. The van der Waals surface area contributed by atoms with Gasteiger partial charge >= 0.3 is 0 Å². The molecule has 0 amide bonds. The molecule has 0 radical (unpaired) electrons.